The molecule has 1 rings (SSSR count). The summed E-state index contributed by atoms with van der Waals surface area (Å²) < 4.78 is 0. The normalized spacial score (nSPS) is 9.84. The van der Waals surface area contributed by atoms with Gasteiger partial charge in [0.25, 0.3) is 5.91 Å². The van der Waals surface area contributed by atoms with Crippen molar-refractivity contribution in [1.82, 2.24) is 15.5 Å². The fraction of sp³-hybridized carbons (Fsp3) is 0.385. The zero-order valence-corrected chi connectivity index (χ0v) is 11.8. The monoisotopic (exact) mass is 283 g/mol. The Labute approximate surface area is 117 Å². The van der Waals surface area contributed by atoms with Crippen LogP contribution in [0.4, 0.5) is 4.79 Å². The summed E-state index contributed by atoms with van der Waals surface area (Å²) in [6.07, 6.45) is 0. The van der Waals surface area contributed by atoms with Crippen LogP contribution in [0.1, 0.15) is 15.9 Å². The molecule has 19 heavy (non-hydrogen) atoms. The van der Waals surface area contributed by atoms with Gasteiger partial charge in [-0.3, -0.25) is 4.79 Å². The number of carbonyl (C=O) groups excluding carboxylic acids is 2. The molecule has 0 aromatic heterocycles. The molecule has 0 heterocycles. The van der Waals surface area contributed by atoms with Crippen LogP contribution in [0.3, 0.4) is 0 Å². The van der Waals surface area contributed by atoms with E-state index in [-0.39, 0.29) is 11.9 Å². The summed E-state index contributed by atoms with van der Waals surface area (Å²) in [5, 5.41) is 5.39. The average molecular weight is 284 g/mol. The molecule has 0 bridgehead atoms. The van der Waals surface area contributed by atoms with E-state index < -0.39 is 0 Å². The van der Waals surface area contributed by atoms with Crippen molar-refractivity contribution in [3.8, 4) is 0 Å². The summed E-state index contributed by atoms with van der Waals surface area (Å²) in [5.41, 5.74) is 1.55. The Hall–Kier alpha value is -1.75. The fourth-order valence-electron chi connectivity index (χ4n) is 1.35. The van der Waals surface area contributed by atoms with Gasteiger partial charge in [-0.05, 0) is 17.7 Å². The van der Waals surface area contributed by atoms with Crippen molar-refractivity contribution in [3.63, 3.8) is 0 Å². The first-order chi connectivity index (χ1) is 9.04. The Morgan fingerprint density at radius 3 is 2.21 bits per heavy atom. The highest BCUT2D eigenvalue weighted by atomic mass is 35.5. The number of nitrogens with one attached hydrogen (secondary N) is 2. The molecule has 1 aromatic carbocycles. The Kier molecular flexibility index (Phi) is 6.15. The van der Waals surface area contributed by atoms with Crippen LogP contribution in [0.5, 0.6) is 0 Å². The lowest BCUT2D eigenvalue weighted by Crippen LogP contribution is -2.39. The van der Waals surface area contributed by atoms with Crippen LogP contribution in [-0.2, 0) is 5.88 Å². The van der Waals surface area contributed by atoms with Gasteiger partial charge in [0.15, 0.2) is 0 Å². The van der Waals surface area contributed by atoms with Crippen LogP contribution < -0.4 is 10.6 Å². The third-order valence-corrected chi connectivity index (χ3v) is 2.77. The summed E-state index contributed by atoms with van der Waals surface area (Å²) in [6, 6.07) is 6.91. The molecule has 0 aliphatic heterocycles. The maximum atomic E-state index is 11.8. The SMILES string of the molecule is CN(C)C(=O)NCCNC(=O)c1ccc(CCl)cc1. The lowest BCUT2D eigenvalue weighted by Gasteiger charge is -2.12. The number of carbonyl (C=O) groups is 2. The molecule has 0 spiro atoms. The van der Waals surface area contributed by atoms with E-state index in [1.807, 2.05) is 12.1 Å². The molecule has 0 unspecified atom stereocenters. The van der Waals surface area contributed by atoms with E-state index in [0.29, 0.717) is 24.5 Å². The van der Waals surface area contributed by atoms with Gasteiger partial charge in [-0.1, -0.05) is 12.1 Å². The molecule has 0 aliphatic rings. The molecule has 0 fully saturated rings. The fourth-order valence-corrected chi connectivity index (χ4v) is 1.53. The molecule has 0 radical (unpaired) electrons. The van der Waals surface area contributed by atoms with Crippen molar-refractivity contribution >= 4 is 23.5 Å². The van der Waals surface area contributed by atoms with Crippen molar-refractivity contribution in [2.24, 2.45) is 0 Å². The number of urea groups is 1. The minimum absolute atomic E-state index is 0.166. The molecule has 5 nitrogen and oxygen atoms in total. The van der Waals surface area contributed by atoms with Crippen molar-refractivity contribution in [3.05, 3.63) is 35.4 Å². The molecule has 104 valence electrons. The molecule has 6 heteroatoms. The van der Waals surface area contributed by atoms with Crippen LogP contribution in [-0.4, -0.2) is 44.0 Å². The number of amides is 3. The van der Waals surface area contributed by atoms with E-state index in [1.54, 1.807) is 26.2 Å². The van der Waals surface area contributed by atoms with Crippen LogP contribution in [0, 0.1) is 0 Å². The minimum Gasteiger partial charge on any atom is -0.350 e. The van der Waals surface area contributed by atoms with E-state index in [4.69, 9.17) is 11.6 Å². The number of hydrogen-bond donors (Lipinski definition) is 2. The minimum atomic E-state index is -0.180. The van der Waals surface area contributed by atoms with E-state index in [1.165, 1.54) is 4.90 Å². The van der Waals surface area contributed by atoms with Crippen molar-refractivity contribution in [1.29, 1.82) is 0 Å². The van der Waals surface area contributed by atoms with Gasteiger partial charge >= 0.3 is 6.03 Å². The molecule has 1 aromatic rings. The molecular formula is C13H18ClN3O2. The Morgan fingerprint density at radius 1 is 1.11 bits per heavy atom. The molecule has 0 atom stereocenters. The third-order valence-electron chi connectivity index (χ3n) is 2.46. The summed E-state index contributed by atoms with van der Waals surface area (Å²) in [7, 11) is 3.32. The van der Waals surface area contributed by atoms with Crippen molar-refractivity contribution in [2.45, 2.75) is 5.88 Å². The van der Waals surface area contributed by atoms with E-state index in [0.717, 1.165) is 5.56 Å². The highest BCUT2D eigenvalue weighted by Gasteiger charge is 2.05. The second-order valence-electron chi connectivity index (χ2n) is 4.21. The van der Waals surface area contributed by atoms with Gasteiger partial charge in [0.1, 0.15) is 0 Å². The predicted molar refractivity (Wildman–Crippen MR) is 75.4 cm³/mol. The number of rotatable bonds is 5. The second-order valence-corrected chi connectivity index (χ2v) is 4.48. The second kappa shape index (κ2) is 7.63. The summed E-state index contributed by atoms with van der Waals surface area (Å²) in [6.45, 7) is 0.776. The highest BCUT2D eigenvalue weighted by molar-refractivity contribution is 6.17. The van der Waals surface area contributed by atoms with Crippen molar-refractivity contribution in [2.75, 3.05) is 27.2 Å². The molecule has 0 saturated carbocycles. The van der Waals surface area contributed by atoms with E-state index in [2.05, 4.69) is 10.6 Å². The number of halogens is 1. The summed E-state index contributed by atoms with van der Waals surface area (Å²) in [4.78, 5) is 24.4. The van der Waals surface area contributed by atoms with Crippen LogP contribution in [0.25, 0.3) is 0 Å². The largest absolute Gasteiger partial charge is 0.350 e. The maximum absolute atomic E-state index is 11.8. The standard InChI is InChI=1S/C13H18ClN3O2/c1-17(2)13(19)16-8-7-15-12(18)11-5-3-10(9-14)4-6-11/h3-6H,7-9H2,1-2H3,(H,15,18)(H,16,19). The number of nitrogens with zero attached hydrogens (tertiary/aromatic N) is 1. The van der Waals surface area contributed by atoms with Crippen LogP contribution in [0.2, 0.25) is 0 Å². The lowest BCUT2D eigenvalue weighted by atomic mass is 10.1. The highest BCUT2D eigenvalue weighted by Crippen LogP contribution is 2.06. The predicted octanol–water partition coefficient (Wildman–Crippen LogP) is 1.43. The first kappa shape index (κ1) is 15.3. The molecule has 2 N–H and O–H groups in total. The van der Waals surface area contributed by atoms with Crippen LogP contribution >= 0.6 is 11.6 Å². The topological polar surface area (TPSA) is 61.4 Å². The summed E-state index contributed by atoms with van der Waals surface area (Å²) >= 11 is 5.67. The lowest BCUT2D eigenvalue weighted by molar-refractivity contribution is 0.0953. The third kappa shape index (κ3) is 5.18. The van der Waals surface area contributed by atoms with Gasteiger partial charge in [-0.25, -0.2) is 4.79 Å². The first-order valence-corrected chi connectivity index (χ1v) is 6.46. The number of benzene rings is 1. The zero-order chi connectivity index (χ0) is 14.3. The zero-order valence-electron chi connectivity index (χ0n) is 11.1. The van der Waals surface area contributed by atoms with E-state index in [9.17, 15) is 9.59 Å². The van der Waals surface area contributed by atoms with E-state index >= 15 is 0 Å². The van der Waals surface area contributed by atoms with Crippen LogP contribution in [0.15, 0.2) is 24.3 Å². The quantitative estimate of drug-likeness (QED) is 0.634. The molecule has 3 amide bonds. The van der Waals surface area contributed by atoms with Gasteiger partial charge in [0.05, 0.1) is 0 Å². The number of hydrogen-bond acceptors (Lipinski definition) is 2. The first-order valence-electron chi connectivity index (χ1n) is 5.93. The Morgan fingerprint density at radius 2 is 1.68 bits per heavy atom. The van der Waals surface area contributed by atoms with Gasteiger partial charge in [-0.2, -0.15) is 0 Å². The molecular weight excluding hydrogens is 266 g/mol. The smallest absolute Gasteiger partial charge is 0.316 e. The van der Waals surface area contributed by atoms with Crippen molar-refractivity contribution < 1.29 is 9.59 Å². The Balaban J connectivity index is 2.33. The average Bonchev–Trinajstić information content (AvgIpc) is 2.43. The maximum Gasteiger partial charge on any atom is 0.316 e. The molecule has 0 saturated heterocycles. The summed E-state index contributed by atoms with van der Waals surface area (Å²) in [5.74, 6) is 0.263. The molecule has 0 aliphatic carbocycles. The van der Waals surface area contributed by atoms with Gasteiger partial charge < -0.3 is 15.5 Å². The van der Waals surface area contributed by atoms with Gasteiger partial charge in [-0.15, -0.1) is 11.6 Å². The Bertz CT molecular complexity index is 432. The van der Waals surface area contributed by atoms with Gasteiger partial charge in [0.2, 0.25) is 0 Å². The van der Waals surface area contributed by atoms with Gasteiger partial charge in [0, 0.05) is 38.6 Å². The number of alkyl halides is 1.